The molecule has 0 aromatic heterocycles. The zero-order chi connectivity index (χ0) is 16.8. The molecule has 0 radical (unpaired) electrons. The third kappa shape index (κ3) is 4.45. The molecule has 126 valence electrons. The summed E-state index contributed by atoms with van der Waals surface area (Å²) in [6, 6.07) is 18.5. The van der Waals surface area contributed by atoms with Crippen molar-refractivity contribution in [2.45, 2.75) is 19.8 Å². The summed E-state index contributed by atoms with van der Waals surface area (Å²) in [7, 11) is 0. The Morgan fingerprint density at radius 1 is 0.917 bits per heavy atom. The van der Waals surface area contributed by atoms with E-state index in [1.165, 1.54) is 17.5 Å². The van der Waals surface area contributed by atoms with Crippen LogP contribution in [0.15, 0.2) is 54.6 Å². The summed E-state index contributed by atoms with van der Waals surface area (Å²) in [5.41, 5.74) is 3.40. The van der Waals surface area contributed by atoms with Crippen LogP contribution in [0.4, 0.5) is 0 Å². The van der Waals surface area contributed by atoms with Crippen LogP contribution >= 0.6 is 0 Å². The SMILES string of the molecule is Cc1ccc(C(=O)N2CCN(CCCc3ccccc3)CC2)cc1. The molecule has 2 aromatic carbocycles. The molecule has 24 heavy (non-hydrogen) atoms. The van der Waals surface area contributed by atoms with Crippen LogP contribution in [0.2, 0.25) is 0 Å². The normalized spacial score (nSPS) is 15.5. The molecule has 1 aliphatic heterocycles. The minimum Gasteiger partial charge on any atom is -0.336 e. The van der Waals surface area contributed by atoms with Gasteiger partial charge in [0.25, 0.3) is 5.91 Å². The lowest BCUT2D eigenvalue weighted by Gasteiger charge is -2.34. The minimum absolute atomic E-state index is 0.166. The van der Waals surface area contributed by atoms with Gasteiger partial charge >= 0.3 is 0 Å². The maximum absolute atomic E-state index is 12.5. The van der Waals surface area contributed by atoms with Crippen molar-refractivity contribution in [3.8, 4) is 0 Å². The summed E-state index contributed by atoms with van der Waals surface area (Å²) in [6.07, 6.45) is 2.30. The van der Waals surface area contributed by atoms with E-state index in [0.29, 0.717) is 0 Å². The summed E-state index contributed by atoms with van der Waals surface area (Å²) in [5.74, 6) is 0.166. The number of benzene rings is 2. The lowest BCUT2D eigenvalue weighted by Crippen LogP contribution is -2.48. The number of rotatable bonds is 5. The van der Waals surface area contributed by atoms with Crippen LogP contribution in [0.25, 0.3) is 0 Å². The summed E-state index contributed by atoms with van der Waals surface area (Å²) >= 11 is 0. The van der Waals surface area contributed by atoms with Crippen LogP contribution in [-0.2, 0) is 6.42 Å². The molecule has 0 unspecified atom stereocenters. The Bertz CT molecular complexity index is 643. The number of carbonyl (C=O) groups excluding carboxylic acids is 1. The van der Waals surface area contributed by atoms with Crippen LogP contribution in [0, 0.1) is 6.92 Å². The molecule has 1 aliphatic rings. The van der Waals surface area contributed by atoms with E-state index in [9.17, 15) is 4.79 Å². The predicted octanol–water partition coefficient (Wildman–Crippen LogP) is 3.39. The molecule has 1 fully saturated rings. The second-order valence-electron chi connectivity index (χ2n) is 6.59. The molecule has 1 heterocycles. The molecule has 0 N–H and O–H groups in total. The zero-order valence-electron chi connectivity index (χ0n) is 14.4. The maximum atomic E-state index is 12.5. The number of hydrogen-bond donors (Lipinski definition) is 0. The van der Waals surface area contributed by atoms with Crippen molar-refractivity contribution in [1.82, 2.24) is 9.80 Å². The van der Waals surface area contributed by atoms with E-state index in [4.69, 9.17) is 0 Å². The molecular weight excluding hydrogens is 296 g/mol. The molecule has 3 heteroatoms. The van der Waals surface area contributed by atoms with Crippen molar-refractivity contribution in [3.63, 3.8) is 0 Å². The van der Waals surface area contributed by atoms with Gasteiger partial charge in [-0.1, -0.05) is 48.0 Å². The van der Waals surface area contributed by atoms with Crippen molar-refractivity contribution < 1.29 is 4.79 Å². The van der Waals surface area contributed by atoms with Crippen LogP contribution in [0.3, 0.4) is 0 Å². The first-order valence-corrected chi connectivity index (χ1v) is 8.84. The minimum atomic E-state index is 0.166. The van der Waals surface area contributed by atoms with Gasteiger partial charge in [-0.3, -0.25) is 9.69 Å². The van der Waals surface area contributed by atoms with Gasteiger partial charge in [-0.2, -0.15) is 0 Å². The van der Waals surface area contributed by atoms with Crippen LogP contribution in [-0.4, -0.2) is 48.4 Å². The Morgan fingerprint density at radius 2 is 1.58 bits per heavy atom. The fraction of sp³-hybridized carbons (Fsp3) is 0.381. The summed E-state index contributed by atoms with van der Waals surface area (Å²) in [4.78, 5) is 17.0. The molecule has 1 saturated heterocycles. The molecular formula is C21H26N2O. The molecule has 3 rings (SSSR count). The molecule has 2 aromatic rings. The van der Waals surface area contributed by atoms with Gasteiger partial charge in [-0.05, 0) is 44.0 Å². The van der Waals surface area contributed by atoms with Crippen molar-refractivity contribution in [2.24, 2.45) is 0 Å². The Labute approximate surface area is 144 Å². The summed E-state index contributed by atoms with van der Waals surface area (Å²) in [6.45, 7) is 6.78. The fourth-order valence-electron chi connectivity index (χ4n) is 3.20. The number of piperazine rings is 1. The third-order valence-corrected chi connectivity index (χ3v) is 4.74. The highest BCUT2D eigenvalue weighted by Crippen LogP contribution is 2.11. The highest BCUT2D eigenvalue weighted by molar-refractivity contribution is 5.94. The van der Waals surface area contributed by atoms with E-state index >= 15 is 0 Å². The summed E-state index contributed by atoms with van der Waals surface area (Å²) in [5, 5.41) is 0. The first kappa shape index (κ1) is 16.7. The van der Waals surface area contributed by atoms with Gasteiger partial charge in [0.15, 0.2) is 0 Å². The van der Waals surface area contributed by atoms with Crippen molar-refractivity contribution >= 4 is 5.91 Å². The number of hydrogen-bond acceptors (Lipinski definition) is 2. The monoisotopic (exact) mass is 322 g/mol. The molecule has 0 aliphatic carbocycles. The van der Waals surface area contributed by atoms with Crippen LogP contribution < -0.4 is 0 Å². The van der Waals surface area contributed by atoms with Gasteiger partial charge in [0.1, 0.15) is 0 Å². The lowest BCUT2D eigenvalue weighted by atomic mass is 10.1. The van der Waals surface area contributed by atoms with Gasteiger partial charge in [0.2, 0.25) is 0 Å². The van der Waals surface area contributed by atoms with Crippen LogP contribution in [0.5, 0.6) is 0 Å². The molecule has 0 atom stereocenters. The van der Waals surface area contributed by atoms with E-state index < -0.39 is 0 Å². The predicted molar refractivity (Wildman–Crippen MR) is 98.3 cm³/mol. The molecule has 3 nitrogen and oxygen atoms in total. The van der Waals surface area contributed by atoms with Gasteiger partial charge in [-0.15, -0.1) is 0 Å². The average Bonchev–Trinajstić information content (AvgIpc) is 2.63. The van der Waals surface area contributed by atoms with E-state index in [1.54, 1.807) is 0 Å². The van der Waals surface area contributed by atoms with E-state index in [0.717, 1.165) is 44.7 Å². The maximum Gasteiger partial charge on any atom is 0.253 e. The van der Waals surface area contributed by atoms with Crippen LogP contribution in [0.1, 0.15) is 27.9 Å². The highest BCUT2D eigenvalue weighted by Gasteiger charge is 2.21. The summed E-state index contributed by atoms with van der Waals surface area (Å²) < 4.78 is 0. The molecule has 0 spiro atoms. The van der Waals surface area contributed by atoms with Gasteiger partial charge in [-0.25, -0.2) is 0 Å². The van der Waals surface area contributed by atoms with Crippen molar-refractivity contribution in [3.05, 3.63) is 71.3 Å². The Kier molecular flexibility index (Phi) is 5.65. The topological polar surface area (TPSA) is 23.6 Å². The number of amides is 1. The van der Waals surface area contributed by atoms with Crippen molar-refractivity contribution in [1.29, 1.82) is 0 Å². The fourth-order valence-corrected chi connectivity index (χ4v) is 3.20. The Hall–Kier alpha value is -2.13. The standard InChI is InChI=1S/C21H26N2O/c1-18-9-11-20(12-10-18)21(24)23-16-14-22(15-17-23)13-5-8-19-6-3-2-4-7-19/h2-4,6-7,9-12H,5,8,13-17H2,1H3. The average molecular weight is 322 g/mol. The van der Waals surface area contributed by atoms with Gasteiger partial charge < -0.3 is 4.90 Å². The van der Waals surface area contributed by atoms with Gasteiger partial charge in [0, 0.05) is 31.7 Å². The number of aryl methyl sites for hydroxylation is 2. The Balaban J connectivity index is 1.42. The molecule has 1 amide bonds. The largest absolute Gasteiger partial charge is 0.336 e. The highest BCUT2D eigenvalue weighted by atomic mass is 16.2. The van der Waals surface area contributed by atoms with Crippen molar-refractivity contribution in [2.75, 3.05) is 32.7 Å². The lowest BCUT2D eigenvalue weighted by molar-refractivity contribution is 0.0636. The van der Waals surface area contributed by atoms with E-state index in [-0.39, 0.29) is 5.91 Å². The number of nitrogens with zero attached hydrogens (tertiary/aromatic N) is 2. The smallest absolute Gasteiger partial charge is 0.253 e. The second-order valence-corrected chi connectivity index (χ2v) is 6.59. The third-order valence-electron chi connectivity index (χ3n) is 4.74. The first-order chi connectivity index (χ1) is 11.7. The number of carbonyl (C=O) groups is 1. The van der Waals surface area contributed by atoms with E-state index in [1.807, 2.05) is 36.1 Å². The second kappa shape index (κ2) is 8.11. The zero-order valence-corrected chi connectivity index (χ0v) is 14.4. The molecule has 0 saturated carbocycles. The molecule has 0 bridgehead atoms. The van der Waals surface area contributed by atoms with E-state index in [2.05, 4.69) is 35.2 Å². The quantitative estimate of drug-likeness (QED) is 0.842. The Morgan fingerprint density at radius 3 is 2.25 bits per heavy atom. The van der Waals surface area contributed by atoms with Gasteiger partial charge in [0.05, 0.1) is 0 Å². The first-order valence-electron chi connectivity index (χ1n) is 8.84.